The number of hydrogen-bond donors (Lipinski definition) is 0. The minimum Gasteiger partial charge on any atom is -0.204 e. The Labute approximate surface area is 120 Å². The first-order valence-corrected chi connectivity index (χ1v) is 7.89. The Balaban J connectivity index is 0.000000217. The third-order valence-corrected chi connectivity index (χ3v) is 2.33. The Bertz CT molecular complexity index is 738. The van der Waals surface area contributed by atoms with Crippen LogP contribution in [0.4, 0.5) is 25.2 Å². The van der Waals surface area contributed by atoms with Crippen LogP contribution in [0.2, 0.25) is 0 Å². The molecule has 120 valence electrons. The minimum atomic E-state index is -10.7. The molecule has 3 rings (SSSR count). The Kier molecular flexibility index (Phi) is 3.45. The molecule has 0 unspecified atom stereocenters. The average Bonchev–Trinajstić information content (AvgIpc) is 2.80. The Hall–Kier alpha value is -2.15. The van der Waals surface area contributed by atoms with Gasteiger partial charge in [0, 0.05) is 6.07 Å². The van der Waals surface area contributed by atoms with E-state index in [1.165, 1.54) is 0 Å². The third-order valence-electron chi connectivity index (χ3n) is 2.33. The van der Waals surface area contributed by atoms with Crippen LogP contribution < -0.4 is 4.40 Å². The first-order valence-electron chi connectivity index (χ1n) is 5.86. The molecule has 0 aliphatic heterocycles. The van der Waals surface area contributed by atoms with Crippen LogP contribution in [0.3, 0.4) is 0 Å². The van der Waals surface area contributed by atoms with Crippen LogP contribution in [0.15, 0.2) is 61.1 Å². The van der Waals surface area contributed by atoms with Crippen molar-refractivity contribution < 1.29 is 29.6 Å². The smallest absolute Gasteiger partial charge is 0.204 e. The van der Waals surface area contributed by atoms with E-state index in [1.54, 1.807) is 0 Å². The summed E-state index contributed by atoms with van der Waals surface area (Å²) in [5.74, 6) is 0. The number of aromatic nitrogens is 3. The topological polar surface area (TPSA) is 21.9 Å². The molecule has 1 aromatic carbocycles. The van der Waals surface area contributed by atoms with Crippen LogP contribution in [0.25, 0.3) is 11.3 Å². The summed E-state index contributed by atoms with van der Waals surface area (Å²) in [7, 11) is -10.7. The maximum Gasteiger partial charge on any atom is 0.306 e. The van der Waals surface area contributed by atoms with Crippen LogP contribution in [0.5, 0.6) is 0 Å². The second-order valence-electron chi connectivity index (χ2n) is 4.32. The third kappa shape index (κ3) is 6.09. The zero-order valence-electron chi connectivity index (χ0n) is 10.8. The zero-order chi connectivity index (χ0) is 16.5. The number of pyridine rings is 1. The van der Waals surface area contributed by atoms with E-state index >= 15 is 0 Å². The molecule has 0 aliphatic rings. The molecule has 0 spiro atoms. The van der Waals surface area contributed by atoms with Gasteiger partial charge in [-0.25, -0.2) is 4.40 Å². The SMILES string of the molecule is F[P-](F)(F)(F)(F)F.c1ccc(-n2c[n+]3ccccc3n2)cc1. The Morgan fingerprint density at radius 2 is 1.36 bits per heavy atom. The first kappa shape index (κ1) is 16.2. The van der Waals surface area contributed by atoms with Gasteiger partial charge in [-0.3, -0.25) is 0 Å². The molecule has 0 N–H and O–H groups in total. The molecule has 22 heavy (non-hydrogen) atoms. The largest absolute Gasteiger partial charge is 0.306 e. The van der Waals surface area contributed by atoms with Crippen molar-refractivity contribution in [3.8, 4) is 5.69 Å². The summed E-state index contributed by atoms with van der Waals surface area (Å²) in [5.41, 5.74) is 2.02. The van der Waals surface area contributed by atoms with Crippen molar-refractivity contribution in [2.75, 3.05) is 0 Å². The fourth-order valence-electron chi connectivity index (χ4n) is 1.59. The Morgan fingerprint density at radius 3 is 1.91 bits per heavy atom. The number of nitrogens with zero attached hydrogens (tertiary/aromatic N) is 3. The molecule has 0 bridgehead atoms. The summed E-state index contributed by atoms with van der Waals surface area (Å²) in [6, 6.07) is 16.0. The number of fused-ring (bicyclic) bond motifs is 1. The molecule has 2 aromatic heterocycles. The number of para-hydroxylation sites is 1. The molecule has 0 saturated carbocycles. The van der Waals surface area contributed by atoms with Crippen molar-refractivity contribution in [2.45, 2.75) is 0 Å². The van der Waals surface area contributed by atoms with Crippen molar-refractivity contribution in [3.05, 3.63) is 61.1 Å². The normalized spacial score (nSPS) is 14.6. The molecule has 10 heteroatoms. The van der Waals surface area contributed by atoms with Crippen molar-refractivity contribution in [1.82, 2.24) is 9.78 Å². The van der Waals surface area contributed by atoms with Crippen LogP contribution >= 0.6 is 7.81 Å². The summed E-state index contributed by atoms with van der Waals surface area (Å²) in [4.78, 5) is 0. The molecule has 3 aromatic rings. The van der Waals surface area contributed by atoms with Crippen LogP contribution in [0.1, 0.15) is 0 Å². The van der Waals surface area contributed by atoms with E-state index in [9.17, 15) is 25.2 Å². The van der Waals surface area contributed by atoms with Gasteiger partial charge in [-0.1, -0.05) is 28.9 Å². The number of rotatable bonds is 1. The quantitative estimate of drug-likeness (QED) is 0.347. The number of halogens is 6. The molecule has 0 amide bonds. The summed E-state index contributed by atoms with van der Waals surface area (Å²) < 4.78 is 63.1. The van der Waals surface area contributed by atoms with Gasteiger partial charge in [-0.2, -0.15) is 0 Å². The predicted octanol–water partition coefficient (Wildman–Crippen LogP) is 4.99. The molecule has 0 fully saturated rings. The standard InChI is InChI=1S/C12H10N3.F6P/c1-2-6-11(7-3-1)15-10-14-9-5-4-8-12(14)13-15;1-7(2,3,4,5)6/h1-10H;/q+1;-1. The van der Waals surface area contributed by atoms with Gasteiger partial charge in [-0.15, -0.1) is 0 Å². The van der Waals surface area contributed by atoms with E-state index in [0.717, 1.165) is 11.3 Å². The second kappa shape index (κ2) is 4.67. The van der Waals surface area contributed by atoms with Crippen molar-refractivity contribution >= 4 is 13.5 Å². The fraction of sp³-hybridized carbons (Fsp3) is 0. The van der Waals surface area contributed by atoms with Crippen molar-refractivity contribution in [2.24, 2.45) is 0 Å². The van der Waals surface area contributed by atoms with E-state index < -0.39 is 7.81 Å². The number of benzene rings is 1. The van der Waals surface area contributed by atoms with E-state index in [1.807, 2.05) is 70.1 Å². The van der Waals surface area contributed by atoms with Gasteiger partial charge in [-0.05, 0) is 18.2 Å². The van der Waals surface area contributed by atoms with Gasteiger partial charge in [0.15, 0.2) is 0 Å². The van der Waals surface area contributed by atoms with E-state index in [2.05, 4.69) is 5.10 Å². The fourth-order valence-corrected chi connectivity index (χ4v) is 1.59. The summed E-state index contributed by atoms with van der Waals surface area (Å²) in [6.45, 7) is 0. The van der Waals surface area contributed by atoms with E-state index in [-0.39, 0.29) is 0 Å². The molecule has 0 atom stereocenters. The summed E-state index contributed by atoms with van der Waals surface area (Å²) in [6.07, 6.45) is 3.95. The van der Waals surface area contributed by atoms with Gasteiger partial charge < -0.3 is 0 Å². The first-order chi connectivity index (χ1) is 9.88. The second-order valence-corrected chi connectivity index (χ2v) is 6.24. The monoisotopic (exact) mass is 341 g/mol. The van der Waals surface area contributed by atoms with Gasteiger partial charge >= 0.3 is 38.6 Å². The molecule has 0 saturated heterocycles. The average molecular weight is 341 g/mol. The van der Waals surface area contributed by atoms with Gasteiger partial charge in [0.05, 0.1) is 11.3 Å². The zero-order valence-corrected chi connectivity index (χ0v) is 11.7. The molecular weight excluding hydrogens is 331 g/mol. The molecule has 0 aliphatic carbocycles. The number of hydrogen-bond acceptors (Lipinski definition) is 1. The van der Waals surface area contributed by atoms with Gasteiger partial charge in [0.25, 0.3) is 0 Å². The van der Waals surface area contributed by atoms with E-state index in [0.29, 0.717) is 0 Å². The maximum atomic E-state index is 9.87. The van der Waals surface area contributed by atoms with Crippen molar-refractivity contribution in [1.29, 1.82) is 0 Å². The van der Waals surface area contributed by atoms with Gasteiger partial charge in [0.1, 0.15) is 5.69 Å². The van der Waals surface area contributed by atoms with Gasteiger partial charge in [0.2, 0.25) is 6.33 Å². The maximum absolute atomic E-state index is 10.7. The Morgan fingerprint density at radius 1 is 0.818 bits per heavy atom. The van der Waals surface area contributed by atoms with Crippen LogP contribution in [-0.2, 0) is 0 Å². The molecule has 0 radical (unpaired) electrons. The predicted molar refractivity (Wildman–Crippen MR) is 70.3 cm³/mol. The molecular formula is C12H10F6N3P. The van der Waals surface area contributed by atoms with Crippen molar-refractivity contribution in [3.63, 3.8) is 0 Å². The molecule has 2 heterocycles. The summed E-state index contributed by atoms with van der Waals surface area (Å²) >= 11 is 0. The molecule has 3 nitrogen and oxygen atoms in total. The summed E-state index contributed by atoms with van der Waals surface area (Å²) in [5, 5.41) is 4.46. The minimum absolute atomic E-state index is 0.946. The van der Waals surface area contributed by atoms with E-state index in [4.69, 9.17) is 0 Å². The van der Waals surface area contributed by atoms with Crippen LogP contribution in [0, 0.1) is 0 Å². The van der Waals surface area contributed by atoms with Crippen LogP contribution in [-0.4, -0.2) is 9.78 Å².